The molecule has 0 aliphatic rings. The number of benzene rings is 1. The number of pyridine rings is 1. The van der Waals surface area contributed by atoms with Crippen molar-refractivity contribution in [3.63, 3.8) is 0 Å². The zero-order chi connectivity index (χ0) is 16.6. The van der Waals surface area contributed by atoms with Gasteiger partial charge < -0.3 is 15.4 Å². The lowest BCUT2D eigenvalue weighted by Crippen LogP contribution is -2.28. The van der Waals surface area contributed by atoms with Crippen molar-refractivity contribution in [2.75, 3.05) is 18.5 Å². The van der Waals surface area contributed by atoms with Gasteiger partial charge in [-0.1, -0.05) is 24.3 Å². The lowest BCUT2D eigenvalue weighted by atomic mass is 10.3. The van der Waals surface area contributed by atoms with Crippen LogP contribution in [0.4, 0.5) is 10.9 Å². The van der Waals surface area contributed by atoms with Crippen LogP contribution >= 0.6 is 11.3 Å². The van der Waals surface area contributed by atoms with Crippen molar-refractivity contribution in [3.05, 3.63) is 65.8 Å². The predicted octanol–water partition coefficient (Wildman–Crippen LogP) is 3.09. The van der Waals surface area contributed by atoms with Crippen molar-refractivity contribution < 1.29 is 9.53 Å². The monoisotopic (exact) mass is 340 g/mol. The van der Waals surface area contributed by atoms with Gasteiger partial charge in [-0.05, 0) is 24.3 Å². The minimum Gasteiger partial charge on any atom is -0.492 e. The average Bonchev–Trinajstić information content (AvgIpc) is 3.09. The summed E-state index contributed by atoms with van der Waals surface area (Å²) in [6, 6.07) is 15.0. The van der Waals surface area contributed by atoms with Crippen LogP contribution in [0, 0.1) is 0 Å². The van der Waals surface area contributed by atoms with E-state index in [0.29, 0.717) is 29.8 Å². The van der Waals surface area contributed by atoms with Crippen LogP contribution in [-0.4, -0.2) is 29.0 Å². The van der Waals surface area contributed by atoms with E-state index in [2.05, 4.69) is 20.6 Å². The summed E-state index contributed by atoms with van der Waals surface area (Å²) in [7, 11) is 0. The van der Waals surface area contributed by atoms with E-state index in [4.69, 9.17) is 4.74 Å². The minimum atomic E-state index is -0.225. The van der Waals surface area contributed by atoms with Gasteiger partial charge in [-0.15, -0.1) is 11.3 Å². The summed E-state index contributed by atoms with van der Waals surface area (Å²) in [5, 5.41) is 8.17. The largest absolute Gasteiger partial charge is 0.492 e. The molecule has 0 bridgehead atoms. The maximum absolute atomic E-state index is 12.1. The third kappa shape index (κ3) is 4.53. The number of hydrogen-bond acceptors (Lipinski definition) is 6. The number of anilines is 2. The van der Waals surface area contributed by atoms with Crippen LogP contribution in [-0.2, 0) is 0 Å². The number of hydrogen-bond donors (Lipinski definition) is 2. The summed E-state index contributed by atoms with van der Waals surface area (Å²) in [4.78, 5) is 20.5. The number of para-hydroxylation sites is 1. The molecule has 122 valence electrons. The van der Waals surface area contributed by atoms with Gasteiger partial charge in [0.1, 0.15) is 23.9 Å². The van der Waals surface area contributed by atoms with E-state index >= 15 is 0 Å². The molecule has 0 saturated carbocycles. The van der Waals surface area contributed by atoms with Gasteiger partial charge in [0.05, 0.1) is 6.54 Å². The van der Waals surface area contributed by atoms with Crippen molar-refractivity contribution in [1.29, 1.82) is 0 Å². The Hall–Kier alpha value is -2.93. The highest BCUT2D eigenvalue weighted by Gasteiger charge is 2.10. The number of aromatic nitrogens is 2. The van der Waals surface area contributed by atoms with Gasteiger partial charge in [-0.25, -0.2) is 9.97 Å². The number of ether oxygens (including phenoxy) is 1. The van der Waals surface area contributed by atoms with Crippen LogP contribution in [0.1, 0.15) is 10.5 Å². The lowest BCUT2D eigenvalue weighted by Gasteiger charge is -2.06. The molecule has 0 spiro atoms. The number of amides is 1. The summed E-state index contributed by atoms with van der Waals surface area (Å²) >= 11 is 1.35. The maximum Gasteiger partial charge on any atom is 0.270 e. The van der Waals surface area contributed by atoms with Gasteiger partial charge in [0.2, 0.25) is 0 Å². The molecule has 0 atom stereocenters. The highest BCUT2D eigenvalue weighted by Crippen LogP contribution is 2.19. The summed E-state index contributed by atoms with van der Waals surface area (Å²) in [5.74, 6) is 1.24. The molecule has 2 aromatic heterocycles. The third-order valence-electron chi connectivity index (χ3n) is 3.04. The Bertz CT molecular complexity index is 778. The Morgan fingerprint density at radius 1 is 1.12 bits per heavy atom. The molecule has 3 aromatic rings. The SMILES string of the molecule is O=C(NCCOc1ccccc1)c1csc(Nc2ccccn2)n1. The van der Waals surface area contributed by atoms with E-state index in [9.17, 15) is 4.79 Å². The predicted molar refractivity (Wildman–Crippen MR) is 93.9 cm³/mol. The average molecular weight is 340 g/mol. The Morgan fingerprint density at radius 2 is 1.96 bits per heavy atom. The first-order valence-electron chi connectivity index (χ1n) is 7.41. The second kappa shape index (κ2) is 8.07. The van der Waals surface area contributed by atoms with Gasteiger partial charge in [0.15, 0.2) is 5.13 Å². The molecule has 1 aromatic carbocycles. The molecule has 0 saturated heterocycles. The number of rotatable bonds is 7. The normalized spacial score (nSPS) is 10.2. The summed E-state index contributed by atoms with van der Waals surface area (Å²) in [5.41, 5.74) is 0.373. The zero-order valence-electron chi connectivity index (χ0n) is 12.8. The summed E-state index contributed by atoms with van der Waals surface area (Å²) < 4.78 is 5.52. The van der Waals surface area contributed by atoms with E-state index in [-0.39, 0.29) is 5.91 Å². The van der Waals surface area contributed by atoms with Gasteiger partial charge in [-0.2, -0.15) is 0 Å². The minimum absolute atomic E-state index is 0.225. The third-order valence-corrected chi connectivity index (χ3v) is 3.79. The molecular formula is C17H16N4O2S. The molecule has 0 unspecified atom stereocenters. The van der Waals surface area contributed by atoms with Crippen molar-refractivity contribution in [1.82, 2.24) is 15.3 Å². The van der Waals surface area contributed by atoms with Crippen molar-refractivity contribution in [3.8, 4) is 5.75 Å². The van der Waals surface area contributed by atoms with Crippen LogP contribution in [0.5, 0.6) is 5.75 Å². The van der Waals surface area contributed by atoms with Crippen molar-refractivity contribution in [2.45, 2.75) is 0 Å². The van der Waals surface area contributed by atoms with Crippen molar-refractivity contribution >= 4 is 28.2 Å². The molecule has 0 aliphatic carbocycles. The molecule has 2 N–H and O–H groups in total. The number of thiazole rings is 1. The molecule has 0 fully saturated rings. The smallest absolute Gasteiger partial charge is 0.270 e. The first-order chi connectivity index (χ1) is 11.8. The summed E-state index contributed by atoms with van der Waals surface area (Å²) in [6.07, 6.45) is 1.69. The first kappa shape index (κ1) is 15.9. The standard InChI is InChI=1S/C17H16N4O2S/c22-16(19-10-11-23-13-6-2-1-3-7-13)14-12-24-17(20-14)21-15-8-4-5-9-18-15/h1-9,12H,10-11H2,(H,19,22)(H,18,20,21). The maximum atomic E-state index is 12.1. The van der Waals surface area contributed by atoms with E-state index in [1.54, 1.807) is 11.6 Å². The molecule has 1 amide bonds. The van der Waals surface area contributed by atoms with E-state index in [1.165, 1.54) is 11.3 Å². The molecule has 24 heavy (non-hydrogen) atoms. The topological polar surface area (TPSA) is 76.1 Å². The van der Waals surface area contributed by atoms with Gasteiger partial charge in [0.25, 0.3) is 5.91 Å². The van der Waals surface area contributed by atoms with E-state index < -0.39 is 0 Å². The second-order valence-electron chi connectivity index (χ2n) is 4.80. The van der Waals surface area contributed by atoms with Crippen LogP contribution in [0.25, 0.3) is 0 Å². The fourth-order valence-corrected chi connectivity index (χ4v) is 2.62. The van der Waals surface area contributed by atoms with Crippen LogP contribution < -0.4 is 15.4 Å². The molecule has 3 rings (SSSR count). The van der Waals surface area contributed by atoms with Crippen LogP contribution in [0.2, 0.25) is 0 Å². The lowest BCUT2D eigenvalue weighted by molar-refractivity contribution is 0.0943. The Morgan fingerprint density at radius 3 is 2.75 bits per heavy atom. The second-order valence-corrected chi connectivity index (χ2v) is 5.65. The zero-order valence-corrected chi connectivity index (χ0v) is 13.6. The number of carbonyl (C=O) groups is 1. The van der Waals surface area contributed by atoms with Gasteiger partial charge >= 0.3 is 0 Å². The van der Waals surface area contributed by atoms with E-state index in [0.717, 1.165) is 5.75 Å². The Kier molecular flexibility index (Phi) is 5.36. The fourth-order valence-electron chi connectivity index (χ4n) is 1.92. The number of nitrogens with zero attached hydrogens (tertiary/aromatic N) is 2. The Balaban J connectivity index is 1.45. The highest BCUT2D eigenvalue weighted by molar-refractivity contribution is 7.14. The van der Waals surface area contributed by atoms with Gasteiger partial charge in [0, 0.05) is 11.6 Å². The highest BCUT2D eigenvalue weighted by atomic mass is 32.1. The number of carbonyl (C=O) groups excluding carboxylic acids is 1. The first-order valence-corrected chi connectivity index (χ1v) is 8.29. The quantitative estimate of drug-likeness (QED) is 0.646. The molecule has 0 aliphatic heterocycles. The Labute approximate surface area is 143 Å². The van der Waals surface area contributed by atoms with Crippen molar-refractivity contribution in [2.24, 2.45) is 0 Å². The van der Waals surface area contributed by atoms with E-state index in [1.807, 2.05) is 48.5 Å². The number of nitrogens with one attached hydrogen (secondary N) is 2. The summed E-state index contributed by atoms with van der Waals surface area (Å²) in [6.45, 7) is 0.813. The van der Waals surface area contributed by atoms with Gasteiger partial charge in [-0.3, -0.25) is 4.79 Å². The molecular weight excluding hydrogens is 324 g/mol. The van der Waals surface area contributed by atoms with Crippen LogP contribution in [0.15, 0.2) is 60.1 Å². The molecule has 7 heteroatoms. The van der Waals surface area contributed by atoms with Crippen LogP contribution in [0.3, 0.4) is 0 Å². The molecule has 2 heterocycles. The fraction of sp³-hybridized carbons (Fsp3) is 0.118. The molecule has 0 radical (unpaired) electrons. The molecule has 6 nitrogen and oxygen atoms in total.